The molecule has 0 aliphatic carbocycles. The number of thioether (sulfide) groups is 1. The van der Waals surface area contributed by atoms with Crippen molar-refractivity contribution in [2.24, 2.45) is 4.90 Å². The van der Waals surface area contributed by atoms with Crippen molar-refractivity contribution in [3.63, 3.8) is 0 Å². The van der Waals surface area contributed by atoms with Gasteiger partial charge in [0.25, 0.3) is 0 Å². The van der Waals surface area contributed by atoms with Gasteiger partial charge in [-0.05, 0) is 24.0 Å². The molecule has 0 aromatic heterocycles. The van der Waals surface area contributed by atoms with Crippen LogP contribution >= 0.6 is 11.8 Å². The summed E-state index contributed by atoms with van der Waals surface area (Å²) in [5, 5.41) is 20.8. The quantitative estimate of drug-likeness (QED) is 0.319. The van der Waals surface area contributed by atoms with Crippen molar-refractivity contribution in [1.29, 1.82) is 0 Å². The fourth-order valence-electron chi connectivity index (χ4n) is 0.793. The Morgan fingerprint density at radius 3 is 2.73 bits per heavy atom. The van der Waals surface area contributed by atoms with Crippen molar-refractivity contribution in [3.8, 4) is 0 Å². The molecule has 0 heterocycles. The van der Waals surface area contributed by atoms with Crippen molar-refractivity contribution in [2.75, 3.05) is 5.75 Å². The molecule has 5 heteroatoms. The van der Waals surface area contributed by atoms with Crippen molar-refractivity contribution in [2.45, 2.75) is 13.8 Å². The Bertz CT molecular complexity index is 300. The Kier molecular flexibility index (Phi) is 6.91. The van der Waals surface area contributed by atoms with Crippen LogP contribution in [-0.4, -0.2) is 23.7 Å². The molecule has 0 unspecified atom stereocenters. The van der Waals surface area contributed by atoms with E-state index < -0.39 is 12.9 Å². The lowest BCUT2D eigenvalue weighted by Crippen LogP contribution is -2.24. The van der Waals surface area contributed by atoms with E-state index in [-0.39, 0.29) is 0 Å². The Balaban J connectivity index is 4.53. The number of hydrogen-bond donors (Lipinski definition) is 1. The second kappa shape index (κ2) is 7.37. The smallest absolute Gasteiger partial charge is 0.462 e. The summed E-state index contributed by atoms with van der Waals surface area (Å²) in [6.07, 6.45) is 3.14. The molecule has 0 amide bonds. The van der Waals surface area contributed by atoms with Crippen LogP contribution in [0.25, 0.3) is 0 Å². The summed E-state index contributed by atoms with van der Waals surface area (Å²) in [4.78, 5) is 3.94. The molecule has 15 heavy (non-hydrogen) atoms. The molecule has 0 aliphatic rings. The van der Waals surface area contributed by atoms with Crippen molar-refractivity contribution >= 4 is 24.7 Å². The second-order valence-electron chi connectivity index (χ2n) is 2.81. The highest BCUT2D eigenvalue weighted by Gasteiger charge is 2.11. The Labute approximate surface area is 95.4 Å². The fraction of sp³-hybridized carbons (Fsp3) is 0.300. The summed E-state index contributed by atoms with van der Waals surface area (Å²) < 4.78 is 0. The minimum atomic E-state index is -1.11. The molecule has 0 bridgehead atoms. The van der Waals surface area contributed by atoms with Gasteiger partial charge in [-0.25, -0.2) is 0 Å². The van der Waals surface area contributed by atoms with E-state index in [4.69, 9.17) is 0 Å². The molecular weight excluding hydrogens is 209 g/mol. The maximum absolute atomic E-state index is 11.4. The molecule has 0 aliphatic heterocycles. The van der Waals surface area contributed by atoms with E-state index >= 15 is 0 Å². The second-order valence-corrected chi connectivity index (χ2v) is 4.17. The maximum Gasteiger partial charge on any atom is 0.462 e. The summed E-state index contributed by atoms with van der Waals surface area (Å²) in [6.45, 7) is 10.7. The van der Waals surface area contributed by atoms with Gasteiger partial charge < -0.3 is 15.0 Å². The van der Waals surface area contributed by atoms with Crippen molar-refractivity contribution in [1.82, 2.24) is 0 Å². The predicted molar refractivity (Wildman–Crippen MR) is 66.6 cm³/mol. The minimum Gasteiger partial charge on any atom is -0.859 e. The van der Waals surface area contributed by atoms with Crippen molar-refractivity contribution < 1.29 is 10.1 Å². The third-order valence-electron chi connectivity index (χ3n) is 1.58. The van der Waals surface area contributed by atoms with Gasteiger partial charge in [0.1, 0.15) is 0 Å². The number of allylic oxidation sites excluding steroid dienone is 3. The highest BCUT2D eigenvalue weighted by Crippen LogP contribution is 2.12. The summed E-state index contributed by atoms with van der Waals surface area (Å²) in [5.41, 5.74) is 0.577. The fourth-order valence-corrected chi connectivity index (χ4v) is 1.32. The zero-order chi connectivity index (χ0) is 11.8. The molecule has 82 valence electrons. The number of nitrogens with zero attached hydrogens (tertiary/aromatic N) is 1. The number of hydrogen-bond acceptors (Lipinski definition) is 4. The number of rotatable bonds is 6. The van der Waals surface area contributed by atoms with Gasteiger partial charge in [0.2, 0.25) is 0 Å². The SMILES string of the molecule is C=C/C=C(\C)B(O)N=C([O-])C(=C)SCC. The average Bonchev–Trinajstić information content (AvgIpc) is 2.18. The largest absolute Gasteiger partial charge is 0.859 e. The summed E-state index contributed by atoms with van der Waals surface area (Å²) in [6, 6.07) is 0. The molecule has 0 atom stereocenters. The van der Waals surface area contributed by atoms with E-state index in [1.54, 1.807) is 13.0 Å². The highest BCUT2D eigenvalue weighted by atomic mass is 32.2. The molecular formula is C10H15BNO2S-. The standard InChI is InChI=1S/C10H16BNO2S/c1-5-7-8(3)11(14)12-10(13)9(4)15-6-2/h5,7,14H,1,4,6H2,2-3H3,(H,12,13)/p-1/b8-7+. The lowest BCUT2D eigenvalue weighted by Gasteiger charge is -2.14. The van der Waals surface area contributed by atoms with E-state index in [9.17, 15) is 10.1 Å². The van der Waals surface area contributed by atoms with E-state index in [2.05, 4.69) is 18.1 Å². The first-order chi connectivity index (χ1) is 7.02. The van der Waals surface area contributed by atoms with E-state index in [1.807, 2.05) is 6.92 Å². The average molecular weight is 224 g/mol. The van der Waals surface area contributed by atoms with E-state index in [1.165, 1.54) is 17.8 Å². The van der Waals surface area contributed by atoms with Crippen LogP contribution in [0.2, 0.25) is 0 Å². The van der Waals surface area contributed by atoms with Gasteiger partial charge in [-0.2, -0.15) is 0 Å². The molecule has 0 radical (unpaired) electrons. The molecule has 0 fully saturated rings. The first kappa shape index (κ1) is 14.1. The van der Waals surface area contributed by atoms with E-state index in [0.29, 0.717) is 10.4 Å². The zero-order valence-corrected chi connectivity index (χ0v) is 9.88. The lowest BCUT2D eigenvalue weighted by molar-refractivity contribution is -0.212. The van der Waals surface area contributed by atoms with Crippen LogP contribution in [0.3, 0.4) is 0 Å². The first-order valence-electron chi connectivity index (χ1n) is 4.57. The predicted octanol–water partition coefficient (Wildman–Crippen LogP) is 1.16. The van der Waals surface area contributed by atoms with Gasteiger partial charge in [0.05, 0.1) is 0 Å². The van der Waals surface area contributed by atoms with Crippen LogP contribution < -0.4 is 5.11 Å². The van der Waals surface area contributed by atoms with Crippen LogP contribution in [0, 0.1) is 0 Å². The third kappa shape index (κ3) is 5.49. The van der Waals surface area contributed by atoms with Crippen LogP contribution in [0.4, 0.5) is 0 Å². The summed E-state index contributed by atoms with van der Waals surface area (Å²) in [7, 11) is -1.11. The Morgan fingerprint density at radius 1 is 1.67 bits per heavy atom. The molecule has 3 nitrogen and oxygen atoms in total. The molecule has 0 spiro atoms. The normalized spacial score (nSPS) is 12.5. The highest BCUT2D eigenvalue weighted by molar-refractivity contribution is 8.03. The molecule has 0 rings (SSSR count). The minimum absolute atomic E-state index is 0.350. The molecule has 1 N–H and O–H groups in total. The molecule has 0 saturated heterocycles. The molecule has 0 aromatic carbocycles. The van der Waals surface area contributed by atoms with E-state index in [0.717, 1.165) is 5.75 Å². The van der Waals surface area contributed by atoms with Crippen LogP contribution in [-0.2, 0) is 0 Å². The monoisotopic (exact) mass is 224 g/mol. The Morgan fingerprint density at radius 2 is 2.27 bits per heavy atom. The summed E-state index contributed by atoms with van der Waals surface area (Å²) >= 11 is 1.32. The van der Waals surface area contributed by atoms with Crippen molar-refractivity contribution in [3.05, 3.63) is 35.7 Å². The third-order valence-corrected chi connectivity index (χ3v) is 2.40. The van der Waals surface area contributed by atoms with Gasteiger partial charge in [-0.15, -0.1) is 11.8 Å². The van der Waals surface area contributed by atoms with Gasteiger partial charge in [-0.3, -0.25) is 0 Å². The van der Waals surface area contributed by atoms with Crippen LogP contribution in [0.1, 0.15) is 13.8 Å². The molecule has 0 aromatic rings. The maximum atomic E-state index is 11.4. The summed E-state index contributed by atoms with van der Waals surface area (Å²) in [5.74, 6) is 0.295. The Hall–Kier alpha value is -0.935. The topological polar surface area (TPSA) is 55.7 Å². The van der Waals surface area contributed by atoms with Crippen LogP contribution in [0.15, 0.2) is 40.6 Å². The van der Waals surface area contributed by atoms with Gasteiger partial charge in [0.15, 0.2) is 0 Å². The van der Waals surface area contributed by atoms with Gasteiger partial charge in [-0.1, -0.05) is 32.2 Å². The lowest BCUT2D eigenvalue weighted by atomic mass is 9.75. The van der Waals surface area contributed by atoms with Crippen LogP contribution in [0.5, 0.6) is 0 Å². The zero-order valence-electron chi connectivity index (χ0n) is 9.06. The molecule has 0 saturated carbocycles. The van der Waals surface area contributed by atoms with Gasteiger partial charge in [0, 0.05) is 4.91 Å². The van der Waals surface area contributed by atoms with Gasteiger partial charge >= 0.3 is 7.05 Å². The first-order valence-corrected chi connectivity index (χ1v) is 5.55.